The average molecular weight is 499 g/mol. The van der Waals surface area contributed by atoms with Gasteiger partial charge >= 0.3 is 0 Å². The molecule has 0 fully saturated rings. The summed E-state index contributed by atoms with van der Waals surface area (Å²) < 4.78 is 12.9. The molecule has 2 aromatic carbocycles. The van der Waals surface area contributed by atoms with Gasteiger partial charge in [0.1, 0.15) is 18.1 Å². The molecule has 0 spiro atoms. The second-order valence-corrected chi connectivity index (χ2v) is 8.96. The second kappa shape index (κ2) is 9.91. The third-order valence-electron chi connectivity index (χ3n) is 5.62. The Labute approximate surface area is 207 Å². The number of aryl methyl sites for hydroxylation is 4. The molecule has 1 amide bonds. The number of nitrogens with one attached hydrogen (secondary N) is 1. The molecule has 0 atom stereocenters. The summed E-state index contributed by atoms with van der Waals surface area (Å²) in [6.07, 6.45) is 0. The molecule has 0 aliphatic carbocycles. The summed E-state index contributed by atoms with van der Waals surface area (Å²) in [5.74, 6) is 1.21. The molecule has 2 aromatic heterocycles. The Balaban J connectivity index is 1.47. The van der Waals surface area contributed by atoms with Crippen molar-refractivity contribution in [1.82, 2.24) is 14.9 Å². The van der Waals surface area contributed by atoms with Gasteiger partial charge in [-0.15, -0.1) is 0 Å². The van der Waals surface area contributed by atoms with E-state index < -0.39 is 5.91 Å². The fraction of sp³-hybridized carbons (Fsp3) is 0.240. The van der Waals surface area contributed by atoms with Gasteiger partial charge in [-0.05, 0) is 68.7 Å². The number of halogens is 2. The van der Waals surface area contributed by atoms with Gasteiger partial charge in [-0.25, -0.2) is 0 Å². The van der Waals surface area contributed by atoms with Crippen LogP contribution in [0.25, 0.3) is 0 Å². The Kier molecular flexibility index (Phi) is 6.95. The predicted molar refractivity (Wildman–Crippen MR) is 132 cm³/mol. The molecule has 0 radical (unpaired) electrons. The van der Waals surface area contributed by atoms with E-state index in [1.807, 2.05) is 45.0 Å². The highest BCUT2D eigenvalue weighted by Gasteiger charge is 2.22. The summed E-state index contributed by atoms with van der Waals surface area (Å²) >= 11 is 12.3. The van der Waals surface area contributed by atoms with Crippen LogP contribution in [0.5, 0.6) is 5.75 Å². The number of benzene rings is 2. The topological polar surface area (TPSA) is 82.2 Å². The van der Waals surface area contributed by atoms with Crippen molar-refractivity contribution in [3.8, 4) is 5.75 Å². The molecule has 2 heterocycles. The van der Waals surface area contributed by atoms with Crippen molar-refractivity contribution in [3.63, 3.8) is 0 Å². The zero-order chi connectivity index (χ0) is 24.4. The predicted octanol–water partition coefficient (Wildman–Crippen LogP) is 6.29. The van der Waals surface area contributed by atoms with E-state index in [0.717, 1.165) is 16.8 Å². The van der Waals surface area contributed by atoms with E-state index in [2.05, 4.69) is 15.6 Å². The number of nitrogens with zero attached hydrogens (tertiary/aromatic N) is 3. The van der Waals surface area contributed by atoms with E-state index in [1.165, 1.54) is 5.56 Å². The van der Waals surface area contributed by atoms with E-state index in [-0.39, 0.29) is 12.3 Å². The van der Waals surface area contributed by atoms with Crippen molar-refractivity contribution in [2.45, 2.75) is 40.8 Å². The summed E-state index contributed by atoms with van der Waals surface area (Å²) in [6.45, 7) is 8.30. The van der Waals surface area contributed by atoms with Gasteiger partial charge in [-0.2, -0.15) is 5.10 Å². The highest BCUT2D eigenvalue weighted by molar-refractivity contribution is 6.35. The minimum absolute atomic E-state index is 0.156. The van der Waals surface area contributed by atoms with Crippen molar-refractivity contribution >= 4 is 34.9 Å². The number of aromatic nitrogens is 3. The van der Waals surface area contributed by atoms with Crippen molar-refractivity contribution < 1.29 is 14.1 Å². The third-order valence-corrected chi connectivity index (χ3v) is 6.21. The van der Waals surface area contributed by atoms with Crippen LogP contribution in [-0.2, 0) is 13.2 Å². The number of hydrogen-bond acceptors (Lipinski definition) is 5. The smallest absolute Gasteiger partial charge is 0.279 e. The number of ether oxygens (including phenoxy) is 1. The number of carbonyl (C=O) groups excluding carboxylic acids is 1. The number of hydrogen-bond donors (Lipinski definition) is 1. The normalized spacial score (nSPS) is 11.0. The lowest BCUT2D eigenvalue weighted by molar-refractivity contribution is 0.101. The van der Waals surface area contributed by atoms with Gasteiger partial charge < -0.3 is 14.6 Å². The van der Waals surface area contributed by atoms with E-state index in [9.17, 15) is 4.79 Å². The number of rotatable bonds is 7. The highest BCUT2D eigenvalue weighted by atomic mass is 35.5. The van der Waals surface area contributed by atoms with Crippen LogP contribution < -0.4 is 10.1 Å². The molecule has 4 aromatic rings. The van der Waals surface area contributed by atoms with Gasteiger partial charge in [0.15, 0.2) is 11.5 Å². The first kappa shape index (κ1) is 23.9. The second-order valence-electron chi connectivity index (χ2n) is 8.12. The molecule has 34 heavy (non-hydrogen) atoms. The van der Waals surface area contributed by atoms with Crippen LogP contribution in [0.15, 0.2) is 47.0 Å². The van der Waals surface area contributed by atoms with Crippen molar-refractivity contribution in [3.05, 3.63) is 91.9 Å². The van der Waals surface area contributed by atoms with Crippen molar-refractivity contribution in [2.24, 2.45) is 0 Å². The van der Waals surface area contributed by atoms with Crippen LogP contribution in [-0.4, -0.2) is 20.8 Å². The van der Waals surface area contributed by atoms with Crippen LogP contribution in [0.3, 0.4) is 0 Å². The summed E-state index contributed by atoms with van der Waals surface area (Å²) in [6, 6.07) is 12.9. The molecule has 9 heteroatoms. The van der Waals surface area contributed by atoms with Crippen LogP contribution in [0.4, 0.5) is 5.82 Å². The molecule has 0 aliphatic heterocycles. The lowest BCUT2D eigenvalue weighted by Gasteiger charge is -2.09. The first-order valence-electron chi connectivity index (χ1n) is 10.7. The van der Waals surface area contributed by atoms with E-state index >= 15 is 0 Å². The Hall–Kier alpha value is -3.29. The standard InChI is InChI=1S/C25H24Cl2N4O3/c1-14-5-8-20(9-15(14)2)33-13-21-17(4)34-30-24(21)25(32)28-23-10-16(3)31(29-23)12-18-6-7-19(26)11-22(18)27/h5-11H,12-13H2,1-4H3,(H,28,29,32). The molecule has 1 N–H and O–H groups in total. The lowest BCUT2D eigenvalue weighted by atomic mass is 10.1. The molecule has 176 valence electrons. The van der Waals surface area contributed by atoms with E-state index in [0.29, 0.717) is 39.5 Å². The molecule has 0 unspecified atom stereocenters. The first-order chi connectivity index (χ1) is 16.2. The van der Waals surface area contributed by atoms with Crippen LogP contribution >= 0.6 is 23.2 Å². The minimum Gasteiger partial charge on any atom is -0.489 e. The Morgan fingerprint density at radius 1 is 1.06 bits per heavy atom. The van der Waals surface area contributed by atoms with Crippen LogP contribution in [0.2, 0.25) is 10.0 Å². The highest BCUT2D eigenvalue weighted by Crippen LogP contribution is 2.24. The molecule has 0 bridgehead atoms. The monoisotopic (exact) mass is 498 g/mol. The van der Waals surface area contributed by atoms with Crippen molar-refractivity contribution in [1.29, 1.82) is 0 Å². The molecule has 4 rings (SSSR count). The first-order valence-corrected chi connectivity index (χ1v) is 11.4. The molecule has 0 saturated carbocycles. The number of amides is 1. The molecule has 0 aliphatic rings. The van der Waals surface area contributed by atoms with Crippen molar-refractivity contribution in [2.75, 3.05) is 5.32 Å². The lowest BCUT2D eigenvalue weighted by Crippen LogP contribution is -2.16. The van der Waals surface area contributed by atoms with E-state index in [1.54, 1.807) is 29.8 Å². The summed E-state index contributed by atoms with van der Waals surface area (Å²) in [5, 5.41) is 12.3. The average Bonchev–Trinajstić information content (AvgIpc) is 3.32. The van der Waals surface area contributed by atoms with Gasteiger partial charge in [-0.3, -0.25) is 9.48 Å². The zero-order valence-electron chi connectivity index (χ0n) is 19.3. The number of carbonyl (C=O) groups is 1. The fourth-order valence-electron chi connectivity index (χ4n) is 3.42. The van der Waals surface area contributed by atoms with Crippen LogP contribution in [0.1, 0.15) is 44.2 Å². The maximum atomic E-state index is 13.0. The maximum Gasteiger partial charge on any atom is 0.279 e. The molecule has 0 saturated heterocycles. The Bertz CT molecular complexity index is 1360. The van der Waals surface area contributed by atoms with Gasteiger partial charge in [0.2, 0.25) is 0 Å². The van der Waals surface area contributed by atoms with Gasteiger partial charge in [0, 0.05) is 21.8 Å². The number of anilines is 1. The SMILES string of the molecule is Cc1ccc(OCc2c(C(=O)Nc3cc(C)n(Cc4ccc(Cl)cc4Cl)n3)noc2C)cc1C. The zero-order valence-corrected chi connectivity index (χ0v) is 20.8. The minimum atomic E-state index is -0.426. The van der Waals surface area contributed by atoms with Gasteiger partial charge in [0.25, 0.3) is 5.91 Å². The molecular formula is C25H24Cl2N4O3. The third kappa shape index (κ3) is 5.26. The van der Waals surface area contributed by atoms with E-state index in [4.69, 9.17) is 32.5 Å². The molecule has 7 nitrogen and oxygen atoms in total. The largest absolute Gasteiger partial charge is 0.489 e. The molecular weight excluding hydrogens is 475 g/mol. The summed E-state index contributed by atoms with van der Waals surface area (Å²) in [4.78, 5) is 13.0. The maximum absolute atomic E-state index is 13.0. The fourth-order valence-corrected chi connectivity index (χ4v) is 3.89. The summed E-state index contributed by atoms with van der Waals surface area (Å²) in [7, 11) is 0. The van der Waals surface area contributed by atoms with Gasteiger partial charge in [-0.1, -0.05) is 40.5 Å². The van der Waals surface area contributed by atoms with Gasteiger partial charge in [0.05, 0.1) is 12.1 Å². The Morgan fingerprint density at radius 3 is 2.59 bits per heavy atom. The van der Waals surface area contributed by atoms with Crippen LogP contribution in [0, 0.1) is 27.7 Å². The summed E-state index contributed by atoms with van der Waals surface area (Å²) in [5.41, 5.74) is 4.78. The quantitative estimate of drug-likeness (QED) is 0.323. The Morgan fingerprint density at radius 2 is 1.85 bits per heavy atom.